The van der Waals surface area contributed by atoms with Crippen LogP contribution in [0.5, 0.6) is 0 Å². The smallest absolute Gasteiger partial charge is 0.266 e. The van der Waals surface area contributed by atoms with Gasteiger partial charge in [0.05, 0.1) is 17.3 Å². The van der Waals surface area contributed by atoms with Crippen LogP contribution in [0, 0.1) is 6.92 Å². The van der Waals surface area contributed by atoms with Crippen molar-refractivity contribution in [2.24, 2.45) is 0 Å². The first kappa shape index (κ1) is 15.4. The molecule has 1 saturated carbocycles. The van der Waals surface area contributed by atoms with Crippen molar-refractivity contribution in [3.63, 3.8) is 0 Å². The van der Waals surface area contributed by atoms with Crippen molar-refractivity contribution in [3.05, 3.63) is 15.6 Å². The topological polar surface area (TPSA) is 42.4 Å². The molecule has 1 amide bonds. The van der Waals surface area contributed by atoms with Crippen molar-refractivity contribution in [2.75, 3.05) is 20.3 Å². The average molecular weight is 296 g/mol. The first-order chi connectivity index (χ1) is 9.67. The highest BCUT2D eigenvalue weighted by Gasteiger charge is 2.29. The summed E-state index contributed by atoms with van der Waals surface area (Å²) in [7, 11) is 1.68. The van der Waals surface area contributed by atoms with Crippen LogP contribution >= 0.6 is 11.3 Å². The average Bonchev–Trinajstić information content (AvgIpc) is 3.08. The molecule has 1 aliphatic rings. The normalized spacial score (nSPS) is 15.8. The van der Waals surface area contributed by atoms with Crippen molar-refractivity contribution in [1.82, 2.24) is 9.88 Å². The summed E-state index contributed by atoms with van der Waals surface area (Å²) in [4.78, 5) is 20.1. The molecule has 4 nitrogen and oxygen atoms in total. The molecule has 1 aromatic heterocycles. The number of ether oxygens (including phenoxy) is 1. The van der Waals surface area contributed by atoms with E-state index in [1.54, 1.807) is 18.4 Å². The second-order valence-corrected chi connectivity index (χ2v) is 6.39. The zero-order valence-corrected chi connectivity index (χ0v) is 13.5. The van der Waals surface area contributed by atoms with Gasteiger partial charge in [-0.15, -0.1) is 11.3 Å². The third-order valence-corrected chi connectivity index (χ3v) is 5.19. The number of rotatable bonds is 6. The van der Waals surface area contributed by atoms with Crippen LogP contribution in [0.2, 0.25) is 0 Å². The molecule has 0 radical (unpaired) electrons. The van der Waals surface area contributed by atoms with Crippen LogP contribution in [-0.2, 0) is 11.2 Å². The van der Waals surface area contributed by atoms with Crippen molar-refractivity contribution < 1.29 is 9.53 Å². The lowest BCUT2D eigenvalue weighted by Crippen LogP contribution is -2.40. The van der Waals surface area contributed by atoms with Crippen LogP contribution in [0.15, 0.2) is 0 Å². The van der Waals surface area contributed by atoms with E-state index in [4.69, 9.17) is 4.74 Å². The van der Waals surface area contributed by atoms with Crippen LogP contribution in [0.1, 0.15) is 53.0 Å². The molecule has 0 N–H and O–H groups in total. The number of amides is 1. The Morgan fingerprint density at radius 1 is 1.45 bits per heavy atom. The van der Waals surface area contributed by atoms with Gasteiger partial charge in [-0.05, 0) is 26.2 Å². The highest BCUT2D eigenvalue weighted by molar-refractivity contribution is 7.13. The van der Waals surface area contributed by atoms with E-state index in [2.05, 4.69) is 11.9 Å². The van der Waals surface area contributed by atoms with Gasteiger partial charge in [0.25, 0.3) is 5.91 Å². The van der Waals surface area contributed by atoms with Gasteiger partial charge in [0.1, 0.15) is 4.88 Å². The molecule has 0 bridgehead atoms. The summed E-state index contributed by atoms with van der Waals surface area (Å²) in [6.45, 7) is 5.29. The molecule has 0 unspecified atom stereocenters. The highest BCUT2D eigenvalue weighted by atomic mass is 32.1. The maximum absolute atomic E-state index is 12.8. The first-order valence-corrected chi connectivity index (χ1v) is 8.25. The zero-order valence-electron chi connectivity index (χ0n) is 12.6. The molecule has 0 spiro atoms. The second-order valence-electron chi connectivity index (χ2n) is 5.31. The number of methoxy groups -OCH3 is 1. The van der Waals surface area contributed by atoms with E-state index in [-0.39, 0.29) is 5.91 Å². The maximum atomic E-state index is 12.8. The Morgan fingerprint density at radius 3 is 2.70 bits per heavy atom. The molecular weight excluding hydrogens is 272 g/mol. The number of nitrogens with zero attached hydrogens (tertiary/aromatic N) is 2. The number of carbonyl (C=O) groups excluding carboxylic acids is 1. The largest absolute Gasteiger partial charge is 0.383 e. The molecule has 20 heavy (non-hydrogen) atoms. The van der Waals surface area contributed by atoms with Gasteiger partial charge in [-0.25, -0.2) is 4.98 Å². The van der Waals surface area contributed by atoms with Gasteiger partial charge in [0.2, 0.25) is 0 Å². The summed E-state index contributed by atoms with van der Waals surface area (Å²) >= 11 is 1.55. The van der Waals surface area contributed by atoms with Gasteiger partial charge in [0, 0.05) is 19.7 Å². The lowest BCUT2D eigenvalue weighted by molar-refractivity contribution is 0.0610. The van der Waals surface area contributed by atoms with Crippen LogP contribution < -0.4 is 0 Å². The minimum Gasteiger partial charge on any atom is -0.383 e. The van der Waals surface area contributed by atoms with Gasteiger partial charge >= 0.3 is 0 Å². The summed E-state index contributed by atoms with van der Waals surface area (Å²) < 4.78 is 5.17. The fraction of sp³-hybridized carbons (Fsp3) is 0.733. The van der Waals surface area contributed by atoms with Crippen molar-refractivity contribution in [1.29, 1.82) is 0 Å². The Bertz CT molecular complexity index is 453. The van der Waals surface area contributed by atoms with Crippen molar-refractivity contribution in [2.45, 2.75) is 52.0 Å². The van der Waals surface area contributed by atoms with Crippen molar-refractivity contribution >= 4 is 17.2 Å². The van der Waals surface area contributed by atoms with E-state index in [0.717, 1.165) is 34.8 Å². The Kier molecular flexibility index (Phi) is 5.54. The predicted molar refractivity (Wildman–Crippen MR) is 81.4 cm³/mol. The molecule has 0 saturated heterocycles. The second kappa shape index (κ2) is 7.18. The van der Waals surface area contributed by atoms with Gasteiger partial charge in [-0.2, -0.15) is 0 Å². The first-order valence-electron chi connectivity index (χ1n) is 7.43. The number of aromatic nitrogens is 1. The quantitative estimate of drug-likeness (QED) is 0.810. The molecule has 0 atom stereocenters. The Labute approximate surface area is 125 Å². The lowest BCUT2D eigenvalue weighted by Gasteiger charge is -2.28. The number of carbonyl (C=O) groups is 1. The monoisotopic (exact) mass is 296 g/mol. The molecule has 0 aromatic carbocycles. The molecule has 5 heteroatoms. The summed E-state index contributed by atoms with van der Waals surface area (Å²) in [5.74, 6) is 0.142. The lowest BCUT2D eigenvalue weighted by atomic mass is 10.2. The van der Waals surface area contributed by atoms with Gasteiger partial charge < -0.3 is 9.64 Å². The van der Waals surface area contributed by atoms with Crippen LogP contribution in [-0.4, -0.2) is 42.1 Å². The molecular formula is C15H24N2O2S. The van der Waals surface area contributed by atoms with E-state index in [0.29, 0.717) is 19.2 Å². The Hall–Kier alpha value is -0.940. The number of hydrogen-bond donors (Lipinski definition) is 0. The van der Waals surface area contributed by atoms with E-state index < -0.39 is 0 Å². The molecule has 112 valence electrons. The molecule has 1 fully saturated rings. The van der Waals surface area contributed by atoms with Gasteiger partial charge in [0.15, 0.2) is 0 Å². The summed E-state index contributed by atoms with van der Waals surface area (Å²) in [6.07, 6.45) is 5.58. The minimum atomic E-state index is 0.142. The fourth-order valence-electron chi connectivity index (χ4n) is 2.79. The SMILES string of the molecule is CCc1nc(C)c(C(=O)N(CCOC)C2CCCC2)s1. The summed E-state index contributed by atoms with van der Waals surface area (Å²) in [6, 6.07) is 0.379. The van der Waals surface area contributed by atoms with Crippen LogP contribution in [0.3, 0.4) is 0 Å². The van der Waals surface area contributed by atoms with E-state index in [1.807, 2.05) is 11.8 Å². The van der Waals surface area contributed by atoms with Gasteiger partial charge in [-0.3, -0.25) is 4.79 Å². The zero-order chi connectivity index (χ0) is 14.5. The molecule has 1 aliphatic carbocycles. The molecule has 1 heterocycles. The Balaban J connectivity index is 2.17. The Morgan fingerprint density at radius 2 is 2.15 bits per heavy atom. The van der Waals surface area contributed by atoms with Crippen molar-refractivity contribution in [3.8, 4) is 0 Å². The molecule has 1 aromatic rings. The fourth-order valence-corrected chi connectivity index (χ4v) is 3.75. The number of thiazole rings is 1. The highest BCUT2D eigenvalue weighted by Crippen LogP contribution is 2.27. The third kappa shape index (κ3) is 3.38. The van der Waals surface area contributed by atoms with Crippen LogP contribution in [0.4, 0.5) is 0 Å². The van der Waals surface area contributed by atoms with E-state index >= 15 is 0 Å². The van der Waals surface area contributed by atoms with Crippen LogP contribution in [0.25, 0.3) is 0 Å². The summed E-state index contributed by atoms with van der Waals surface area (Å²) in [5, 5.41) is 1.05. The maximum Gasteiger partial charge on any atom is 0.266 e. The third-order valence-electron chi connectivity index (χ3n) is 3.90. The minimum absolute atomic E-state index is 0.142. The summed E-state index contributed by atoms with van der Waals surface area (Å²) in [5.41, 5.74) is 0.872. The van der Waals surface area contributed by atoms with E-state index in [1.165, 1.54) is 12.8 Å². The molecule has 0 aliphatic heterocycles. The standard InChI is InChI=1S/C15H24N2O2S/c1-4-13-16-11(2)14(20-13)15(18)17(9-10-19-3)12-7-5-6-8-12/h12H,4-10H2,1-3H3. The predicted octanol–water partition coefficient (Wildman–Crippen LogP) is 3.05. The molecule has 2 rings (SSSR count). The number of hydrogen-bond acceptors (Lipinski definition) is 4. The van der Waals surface area contributed by atoms with Gasteiger partial charge in [-0.1, -0.05) is 19.8 Å². The van der Waals surface area contributed by atoms with E-state index in [9.17, 15) is 4.79 Å². The number of aryl methyl sites for hydroxylation is 2.